The summed E-state index contributed by atoms with van der Waals surface area (Å²) in [5, 5.41) is 19.6. The Morgan fingerprint density at radius 3 is 2.97 bits per heavy atom. The first kappa shape index (κ1) is 18.0. The number of hydrogen-bond donors (Lipinski definition) is 3. The largest absolute Gasteiger partial charge is 0.464 e. The van der Waals surface area contributed by atoms with Crippen LogP contribution in [0.3, 0.4) is 0 Å². The molecule has 10 heteroatoms. The van der Waals surface area contributed by atoms with Gasteiger partial charge in [0.1, 0.15) is 5.82 Å². The summed E-state index contributed by atoms with van der Waals surface area (Å²) >= 11 is 0. The number of nitrogens with zero attached hydrogens (tertiary/aromatic N) is 4. The highest BCUT2D eigenvalue weighted by Crippen LogP contribution is 2.57. The summed E-state index contributed by atoms with van der Waals surface area (Å²) in [5.74, 6) is 0.353. The van der Waals surface area contributed by atoms with E-state index in [1.54, 1.807) is 11.1 Å². The molecule has 3 heterocycles. The molecule has 2 aromatic rings. The molecule has 1 spiro atoms. The second kappa shape index (κ2) is 6.51. The van der Waals surface area contributed by atoms with Crippen molar-refractivity contribution in [3.8, 4) is 0 Å². The predicted molar refractivity (Wildman–Crippen MR) is 102 cm³/mol. The highest BCUT2D eigenvalue weighted by atomic mass is 16.5. The van der Waals surface area contributed by atoms with Crippen molar-refractivity contribution in [3.63, 3.8) is 0 Å². The maximum atomic E-state index is 13.2. The second-order valence-electron chi connectivity index (χ2n) is 7.93. The Labute approximate surface area is 166 Å². The van der Waals surface area contributed by atoms with Crippen LogP contribution in [0.25, 0.3) is 0 Å². The van der Waals surface area contributed by atoms with Gasteiger partial charge in [0.25, 0.3) is 0 Å². The van der Waals surface area contributed by atoms with Gasteiger partial charge in [0.05, 0.1) is 24.3 Å². The highest BCUT2D eigenvalue weighted by molar-refractivity contribution is 6.09. The van der Waals surface area contributed by atoms with Crippen molar-refractivity contribution in [1.29, 1.82) is 0 Å². The minimum Gasteiger partial charge on any atom is -0.464 e. The van der Waals surface area contributed by atoms with Gasteiger partial charge in [-0.15, -0.1) is 0 Å². The maximum Gasteiger partial charge on any atom is 0.360 e. The monoisotopic (exact) mass is 398 g/mol. The fourth-order valence-corrected chi connectivity index (χ4v) is 4.47. The first-order valence-corrected chi connectivity index (χ1v) is 9.82. The van der Waals surface area contributed by atoms with Gasteiger partial charge >= 0.3 is 5.97 Å². The fourth-order valence-electron chi connectivity index (χ4n) is 4.47. The van der Waals surface area contributed by atoms with E-state index in [9.17, 15) is 14.7 Å². The number of carbonyl (C=O) groups is 2. The molecule has 0 bridgehead atoms. The number of hydrogen-bond acceptors (Lipinski definition) is 8. The van der Waals surface area contributed by atoms with E-state index in [1.807, 2.05) is 0 Å². The fraction of sp³-hybridized carbons (Fsp3) is 0.526. The van der Waals surface area contributed by atoms with Gasteiger partial charge in [-0.25, -0.2) is 9.78 Å². The number of anilines is 3. The van der Waals surface area contributed by atoms with Gasteiger partial charge in [-0.1, -0.05) is 0 Å². The number of aromatic nitrogens is 4. The Hall–Kier alpha value is -3.01. The number of aliphatic hydroxyl groups excluding tert-OH is 1. The summed E-state index contributed by atoms with van der Waals surface area (Å²) in [7, 11) is 1.28. The number of H-pyrrole nitrogens is 1. The topological polar surface area (TPSA) is 133 Å². The molecule has 0 saturated heterocycles. The molecule has 2 atom stereocenters. The molecule has 3 aliphatic rings. The molecule has 2 aromatic heterocycles. The third-order valence-corrected chi connectivity index (χ3v) is 6.14. The lowest BCUT2D eigenvalue weighted by molar-refractivity contribution is -0.121. The summed E-state index contributed by atoms with van der Waals surface area (Å²) in [6.07, 6.45) is 7.48. The zero-order valence-electron chi connectivity index (χ0n) is 16.0. The van der Waals surface area contributed by atoms with E-state index in [-0.39, 0.29) is 23.6 Å². The molecule has 2 saturated carbocycles. The van der Waals surface area contributed by atoms with Crippen molar-refractivity contribution in [2.45, 2.75) is 56.1 Å². The molecule has 2 aliphatic carbocycles. The predicted octanol–water partition coefficient (Wildman–Crippen LogP) is 1.41. The van der Waals surface area contributed by atoms with Crippen LogP contribution in [0.1, 0.15) is 54.6 Å². The van der Waals surface area contributed by atoms with E-state index in [1.165, 1.54) is 13.3 Å². The van der Waals surface area contributed by atoms with Crippen molar-refractivity contribution in [2.75, 3.05) is 17.3 Å². The molecule has 152 valence electrons. The van der Waals surface area contributed by atoms with E-state index in [2.05, 4.69) is 25.5 Å². The van der Waals surface area contributed by atoms with Crippen molar-refractivity contribution in [2.24, 2.45) is 0 Å². The number of fused-ring (bicyclic) bond motifs is 2. The molecule has 3 N–H and O–H groups in total. The molecule has 29 heavy (non-hydrogen) atoms. The van der Waals surface area contributed by atoms with Gasteiger partial charge in [0, 0.05) is 24.0 Å². The molecule has 0 aromatic carbocycles. The van der Waals surface area contributed by atoms with Crippen LogP contribution in [0.5, 0.6) is 0 Å². The molecule has 0 radical (unpaired) electrons. The SMILES string of the molecule is COC(=O)c1n[nH]cc1Nc1ncc2c(n1)N([C@@H]1CCC[C@@H](O)C1)C(=O)C21CC1. The first-order chi connectivity index (χ1) is 14.0. The summed E-state index contributed by atoms with van der Waals surface area (Å²) in [6.45, 7) is 0. The Kier molecular flexibility index (Phi) is 4.05. The van der Waals surface area contributed by atoms with Crippen LogP contribution in [0.4, 0.5) is 17.5 Å². The Bertz CT molecular complexity index is 985. The van der Waals surface area contributed by atoms with E-state index in [4.69, 9.17) is 4.74 Å². The molecule has 10 nitrogen and oxygen atoms in total. The van der Waals surface area contributed by atoms with Crippen molar-refractivity contribution < 1.29 is 19.4 Å². The van der Waals surface area contributed by atoms with E-state index in [0.717, 1.165) is 37.7 Å². The summed E-state index contributed by atoms with van der Waals surface area (Å²) in [6, 6.07) is -0.0627. The van der Waals surface area contributed by atoms with Gasteiger partial charge in [0.2, 0.25) is 11.9 Å². The van der Waals surface area contributed by atoms with Crippen molar-refractivity contribution in [3.05, 3.63) is 23.7 Å². The van der Waals surface area contributed by atoms with E-state index >= 15 is 0 Å². The van der Waals surface area contributed by atoms with Gasteiger partial charge in [-0.3, -0.25) is 14.8 Å². The average Bonchev–Trinajstić information content (AvgIpc) is 3.33. The number of ether oxygens (including phenoxy) is 1. The first-order valence-electron chi connectivity index (χ1n) is 9.82. The van der Waals surface area contributed by atoms with Crippen molar-refractivity contribution in [1.82, 2.24) is 20.2 Å². The highest BCUT2D eigenvalue weighted by Gasteiger charge is 2.61. The molecule has 2 fully saturated rings. The third-order valence-electron chi connectivity index (χ3n) is 6.14. The number of aromatic amines is 1. The standard InChI is InChI=1S/C19H22N6O4/c1-29-16(27)14-13(9-21-24-14)22-18-20-8-12-15(23-18)25(17(28)19(12)5-6-19)10-3-2-4-11(26)7-10/h8-11,26H,2-7H2,1H3,(H,21,24)(H,20,22,23)/t10-,11-/m1/s1. The number of esters is 1. The number of aliphatic hydroxyl groups is 1. The molecule has 5 rings (SSSR count). The van der Waals surface area contributed by atoms with Crippen LogP contribution < -0.4 is 10.2 Å². The van der Waals surface area contributed by atoms with Crippen LogP contribution in [-0.4, -0.2) is 56.4 Å². The van der Waals surface area contributed by atoms with Crippen LogP contribution in [0.2, 0.25) is 0 Å². The maximum absolute atomic E-state index is 13.2. The lowest BCUT2D eigenvalue weighted by Crippen LogP contribution is -2.44. The van der Waals surface area contributed by atoms with Crippen LogP contribution >= 0.6 is 0 Å². The normalized spacial score (nSPS) is 24.5. The number of amides is 1. The minimum absolute atomic E-state index is 0.0627. The molecule has 1 aliphatic heterocycles. The zero-order valence-corrected chi connectivity index (χ0v) is 16.0. The Morgan fingerprint density at radius 2 is 2.24 bits per heavy atom. The van der Waals surface area contributed by atoms with Gasteiger partial charge in [0.15, 0.2) is 5.69 Å². The van der Waals surface area contributed by atoms with Gasteiger partial charge in [-0.2, -0.15) is 10.1 Å². The second-order valence-corrected chi connectivity index (χ2v) is 7.93. The summed E-state index contributed by atoms with van der Waals surface area (Å²) < 4.78 is 4.72. The van der Waals surface area contributed by atoms with E-state index in [0.29, 0.717) is 17.9 Å². The summed E-state index contributed by atoms with van der Waals surface area (Å²) in [5.41, 5.74) is 0.845. The molecule has 0 unspecified atom stereocenters. The van der Waals surface area contributed by atoms with Crippen LogP contribution in [-0.2, 0) is 14.9 Å². The van der Waals surface area contributed by atoms with Gasteiger partial charge < -0.3 is 15.2 Å². The third kappa shape index (κ3) is 2.78. The lowest BCUT2D eigenvalue weighted by atomic mass is 9.92. The minimum atomic E-state index is -0.583. The summed E-state index contributed by atoms with van der Waals surface area (Å²) in [4.78, 5) is 35.9. The Balaban J connectivity index is 1.49. The van der Waals surface area contributed by atoms with Crippen molar-refractivity contribution >= 4 is 29.3 Å². The number of nitrogens with one attached hydrogen (secondary N) is 2. The van der Waals surface area contributed by atoms with E-state index < -0.39 is 17.5 Å². The molecular weight excluding hydrogens is 376 g/mol. The number of methoxy groups -OCH3 is 1. The molecular formula is C19H22N6O4. The molecule has 1 amide bonds. The lowest BCUT2D eigenvalue weighted by Gasteiger charge is -2.33. The Morgan fingerprint density at radius 1 is 1.41 bits per heavy atom. The van der Waals surface area contributed by atoms with Crippen LogP contribution in [0, 0.1) is 0 Å². The average molecular weight is 398 g/mol. The van der Waals surface area contributed by atoms with Crippen LogP contribution in [0.15, 0.2) is 12.4 Å². The smallest absolute Gasteiger partial charge is 0.360 e. The van der Waals surface area contributed by atoms with Gasteiger partial charge in [-0.05, 0) is 38.5 Å². The quantitative estimate of drug-likeness (QED) is 0.659. The number of rotatable bonds is 4. The zero-order chi connectivity index (χ0) is 20.2. The number of carbonyl (C=O) groups excluding carboxylic acids is 2.